The summed E-state index contributed by atoms with van der Waals surface area (Å²) in [6.45, 7) is 14.4. The molecule has 6 rings (SSSR count). The Morgan fingerprint density at radius 3 is 2.35 bits per heavy atom. The van der Waals surface area contributed by atoms with Gasteiger partial charge in [-0.1, -0.05) is 59.8 Å². The molecule has 4 fully saturated rings. The normalized spacial score (nSPS) is 52.8. The molecule has 1 saturated heterocycles. The minimum atomic E-state index is -0.439. The van der Waals surface area contributed by atoms with Crippen molar-refractivity contribution in [3.63, 3.8) is 0 Å². The fourth-order valence-electron chi connectivity index (χ4n) is 8.71. The van der Waals surface area contributed by atoms with E-state index in [1.807, 2.05) is 0 Å². The molecule has 6 aliphatic rings. The molecule has 0 aromatic rings. The van der Waals surface area contributed by atoms with Gasteiger partial charge in [0.25, 0.3) is 0 Å². The zero-order chi connectivity index (χ0) is 22.2. The molecule has 4 unspecified atom stereocenters. The van der Waals surface area contributed by atoms with Crippen molar-refractivity contribution in [2.45, 2.75) is 104 Å². The number of rotatable bonds is 4. The fourth-order valence-corrected chi connectivity index (χ4v) is 8.71. The highest BCUT2D eigenvalue weighted by Crippen LogP contribution is 2.72. The summed E-state index contributed by atoms with van der Waals surface area (Å²) in [4.78, 5) is 12.8. The second-order valence-corrected chi connectivity index (χ2v) is 12.7. The van der Waals surface area contributed by atoms with Crippen LogP contribution in [0.15, 0.2) is 24.3 Å². The molecular weight excluding hydrogens is 384 g/mol. The predicted molar refractivity (Wildman–Crippen MR) is 124 cm³/mol. The Morgan fingerprint density at radius 1 is 0.903 bits per heavy atom. The van der Waals surface area contributed by atoms with E-state index in [1.165, 1.54) is 25.7 Å². The van der Waals surface area contributed by atoms with Gasteiger partial charge in [0, 0.05) is 23.7 Å². The standard InChI is InChI=1S/C28H44O3/c1-18(2)19(3)7-8-20(4)22-9-10-23-25(22,5)13-12-24-26(6)14-11-21(29)17-27(26)15-16-28(23,24)31-30-27/h7-8,15-16,18-24,29H,9-14,17H2,1-6H3/b8-7+/t19-,20+,21-,22+,23?,24?,25+,26+,27?,28?/m0/s1. The van der Waals surface area contributed by atoms with Crippen LogP contribution in [0.1, 0.15) is 86.5 Å². The van der Waals surface area contributed by atoms with Crippen LogP contribution in [0, 0.1) is 46.3 Å². The van der Waals surface area contributed by atoms with Crippen molar-refractivity contribution in [1.82, 2.24) is 0 Å². The Morgan fingerprint density at radius 2 is 1.68 bits per heavy atom. The van der Waals surface area contributed by atoms with Crippen LogP contribution >= 0.6 is 0 Å². The van der Waals surface area contributed by atoms with Crippen LogP contribution in [0.3, 0.4) is 0 Å². The summed E-state index contributed by atoms with van der Waals surface area (Å²) >= 11 is 0. The van der Waals surface area contributed by atoms with Gasteiger partial charge >= 0.3 is 0 Å². The lowest BCUT2D eigenvalue weighted by molar-refractivity contribution is -0.497. The molecule has 0 aromatic heterocycles. The number of aliphatic hydroxyl groups is 1. The Balaban J connectivity index is 1.45. The van der Waals surface area contributed by atoms with Gasteiger partial charge in [-0.15, -0.1) is 0 Å². The van der Waals surface area contributed by atoms with Crippen molar-refractivity contribution in [2.75, 3.05) is 0 Å². The first kappa shape index (κ1) is 22.2. The molecule has 2 bridgehead atoms. The van der Waals surface area contributed by atoms with E-state index in [-0.39, 0.29) is 22.5 Å². The van der Waals surface area contributed by atoms with Crippen molar-refractivity contribution in [1.29, 1.82) is 0 Å². The van der Waals surface area contributed by atoms with E-state index in [4.69, 9.17) is 9.78 Å². The van der Waals surface area contributed by atoms with Gasteiger partial charge in [-0.2, -0.15) is 0 Å². The number of allylic oxidation sites excluding steroid dienone is 2. The van der Waals surface area contributed by atoms with E-state index in [9.17, 15) is 5.11 Å². The molecule has 0 aromatic carbocycles. The van der Waals surface area contributed by atoms with E-state index in [0.717, 1.165) is 12.8 Å². The third-order valence-electron chi connectivity index (χ3n) is 11.1. The summed E-state index contributed by atoms with van der Waals surface area (Å²) in [7, 11) is 0. The molecule has 2 aliphatic heterocycles. The highest BCUT2D eigenvalue weighted by Gasteiger charge is 2.74. The average Bonchev–Trinajstić information content (AvgIpc) is 3.09. The van der Waals surface area contributed by atoms with Crippen LogP contribution in [-0.2, 0) is 9.78 Å². The van der Waals surface area contributed by atoms with E-state index in [1.54, 1.807) is 0 Å². The predicted octanol–water partition coefficient (Wildman–Crippen LogP) is 6.47. The van der Waals surface area contributed by atoms with E-state index in [0.29, 0.717) is 41.9 Å². The highest BCUT2D eigenvalue weighted by atomic mass is 17.2. The summed E-state index contributed by atoms with van der Waals surface area (Å²) in [6, 6.07) is 0. The smallest absolute Gasteiger partial charge is 0.130 e. The molecule has 3 saturated carbocycles. The van der Waals surface area contributed by atoms with Gasteiger partial charge in [-0.25, -0.2) is 9.78 Å². The molecule has 2 heterocycles. The van der Waals surface area contributed by atoms with Gasteiger partial charge in [-0.05, 0) is 73.7 Å². The monoisotopic (exact) mass is 428 g/mol. The molecular formula is C28H44O3. The minimum absolute atomic E-state index is 0.0663. The van der Waals surface area contributed by atoms with Gasteiger partial charge in [0.1, 0.15) is 11.2 Å². The largest absolute Gasteiger partial charge is 0.393 e. The van der Waals surface area contributed by atoms with Gasteiger partial charge < -0.3 is 5.11 Å². The minimum Gasteiger partial charge on any atom is -0.393 e. The summed E-state index contributed by atoms with van der Waals surface area (Å²) in [6.07, 6.45) is 17.0. The van der Waals surface area contributed by atoms with Gasteiger partial charge in [0.05, 0.1) is 6.10 Å². The van der Waals surface area contributed by atoms with Gasteiger partial charge in [0.2, 0.25) is 0 Å². The lowest BCUT2D eigenvalue weighted by atomic mass is 9.43. The van der Waals surface area contributed by atoms with E-state index in [2.05, 4.69) is 65.8 Å². The molecule has 3 nitrogen and oxygen atoms in total. The van der Waals surface area contributed by atoms with Crippen molar-refractivity contribution in [2.24, 2.45) is 46.3 Å². The fraction of sp³-hybridized carbons (Fsp3) is 0.857. The molecule has 1 N–H and O–H groups in total. The van der Waals surface area contributed by atoms with Crippen molar-refractivity contribution in [3.8, 4) is 0 Å². The molecule has 4 aliphatic carbocycles. The summed E-state index contributed by atoms with van der Waals surface area (Å²) in [5.74, 6) is 3.64. The van der Waals surface area contributed by atoms with Crippen LogP contribution in [0.25, 0.3) is 0 Å². The van der Waals surface area contributed by atoms with Crippen LogP contribution in [0.4, 0.5) is 0 Å². The summed E-state index contributed by atoms with van der Waals surface area (Å²) in [5, 5.41) is 10.4. The molecule has 31 heavy (non-hydrogen) atoms. The number of aliphatic hydroxyl groups excluding tert-OH is 1. The van der Waals surface area contributed by atoms with Crippen LogP contribution in [0.5, 0.6) is 0 Å². The average molecular weight is 429 g/mol. The third-order valence-corrected chi connectivity index (χ3v) is 11.1. The van der Waals surface area contributed by atoms with Crippen molar-refractivity contribution >= 4 is 0 Å². The third kappa shape index (κ3) is 2.88. The summed E-state index contributed by atoms with van der Waals surface area (Å²) in [5.41, 5.74) is -0.366. The maximum absolute atomic E-state index is 10.4. The number of hydrogen-bond acceptors (Lipinski definition) is 3. The maximum Gasteiger partial charge on any atom is 0.130 e. The zero-order valence-electron chi connectivity index (χ0n) is 20.6. The Kier molecular flexibility index (Phi) is 5.13. The molecule has 0 amide bonds. The van der Waals surface area contributed by atoms with Crippen molar-refractivity contribution in [3.05, 3.63) is 24.3 Å². The first-order valence-corrected chi connectivity index (χ1v) is 13.0. The highest BCUT2D eigenvalue weighted by molar-refractivity contribution is 5.33. The quantitative estimate of drug-likeness (QED) is 0.412. The number of fused-ring (bicyclic) bond motifs is 2. The molecule has 174 valence electrons. The lowest BCUT2D eigenvalue weighted by Gasteiger charge is -2.69. The van der Waals surface area contributed by atoms with Crippen molar-refractivity contribution < 1.29 is 14.9 Å². The molecule has 2 spiro atoms. The maximum atomic E-state index is 10.4. The molecule has 0 radical (unpaired) electrons. The van der Waals surface area contributed by atoms with Crippen LogP contribution in [0.2, 0.25) is 0 Å². The first-order valence-electron chi connectivity index (χ1n) is 13.0. The topological polar surface area (TPSA) is 38.7 Å². The summed E-state index contributed by atoms with van der Waals surface area (Å²) < 4.78 is 0. The Labute approximate surface area is 189 Å². The lowest BCUT2D eigenvalue weighted by Crippen LogP contribution is -2.73. The van der Waals surface area contributed by atoms with Crippen LogP contribution < -0.4 is 0 Å². The Bertz CT molecular complexity index is 772. The molecule has 3 heteroatoms. The molecule has 10 atom stereocenters. The van der Waals surface area contributed by atoms with Gasteiger partial charge in [0.15, 0.2) is 0 Å². The number of hydrogen-bond donors (Lipinski definition) is 1. The van der Waals surface area contributed by atoms with Gasteiger partial charge in [-0.3, -0.25) is 0 Å². The SMILES string of the molecule is CC(C)[C@@H](C)/C=C/[C@@H](C)[C@H]1CCC2C34C=CC5(C[C@@H](O)CC[C@]5(C)C3CC[C@@]21C)OO4. The van der Waals surface area contributed by atoms with E-state index < -0.39 is 5.60 Å². The second kappa shape index (κ2) is 7.18. The van der Waals surface area contributed by atoms with E-state index >= 15 is 0 Å². The first-order chi connectivity index (χ1) is 14.6. The second-order valence-electron chi connectivity index (χ2n) is 12.7. The Hall–Kier alpha value is -0.640. The zero-order valence-corrected chi connectivity index (χ0v) is 20.6. The van der Waals surface area contributed by atoms with Crippen LogP contribution in [-0.4, -0.2) is 22.4 Å².